The van der Waals surface area contributed by atoms with E-state index in [1.807, 2.05) is 26.0 Å². The standard InChI is InChI=1S/C23H19ClF2N5O3S.C21H19ClFN3O4S.C20H19ClN6O.C16H19N5O3S.C15H18N4O3S/c1-13-17(15-5-7-28-22(9-15)30-21-6-8-27-14(2)29-21)11-31(32)23(24)18(13)12-35(33,34)20-4-3-16(25)10-19(20)26;1-3-30-21(27)26-20-9-14(6-7-24-20)15-8-16(13(2)25-11-15)12-31(28,29)19-5-4-17(22)10-18(19)23;1-12-15(11-24-19(21)18(12)20(28)27-8-3-9-27)14-4-6-23-17(10-14)26-16-5-7-22-13(2)25-16;1-12(22)19-16-9-13(4-5-18-16)14-8-15(11-17-10-14)21-7-3-6-20(2)25(21,23)24;1-10(20)6-14-7-12(4-5-17-14)13-8-15(11(2)18-9-13)19-23(21,22)16-3/h3-11,32H,12H2,1-2H3,(H,27,28,29,30);4-11H,3,12H2,1-2H3,(H,24,26,27);4-7,10-11H,3,8-9H2,1-2H3,(H,22,23,25,26);4-5,8-11H,3,6-7H2,1-2H3,(H,18,19,22);4-5,7-9,16,19H,6H2,1-3H3/q+1;;;;. The quantitative estimate of drug-likeness (QED) is 0.0121. The van der Waals surface area contributed by atoms with Crippen molar-refractivity contribution in [2.75, 3.05) is 77.2 Å². The van der Waals surface area contributed by atoms with Gasteiger partial charge in [-0.1, -0.05) is 23.2 Å². The number of amides is 3. The van der Waals surface area contributed by atoms with Crippen molar-refractivity contribution in [1.82, 2.24) is 78.7 Å². The summed E-state index contributed by atoms with van der Waals surface area (Å²) in [6, 6.07) is 31.8. The third kappa shape index (κ3) is 28.0. The van der Waals surface area contributed by atoms with E-state index in [9.17, 15) is 71.2 Å². The number of benzene rings is 2. The lowest BCUT2D eigenvalue weighted by Gasteiger charge is -2.33. The number of aromatic nitrogens is 14. The molecule has 3 amide bonds. The molecule has 14 aromatic rings. The number of pyridine rings is 10. The largest absolute Gasteiger partial charge is 0.450 e. The van der Waals surface area contributed by atoms with Gasteiger partial charge in [0.2, 0.25) is 12.1 Å². The molecule has 738 valence electrons. The molecule has 0 atom stereocenters. The molecule has 16 rings (SSSR count). The second-order valence-corrected chi connectivity index (χ2v) is 40.4. The fraction of sp³-hybridized carbons (Fsp3) is 0.221. The van der Waals surface area contributed by atoms with Gasteiger partial charge in [-0.25, -0.2) is 84.4 Å². The van der Waals surface area contributed by atoms with E-state index in [1.54, 1.807) is 181 Å². The number of aryl methyl sites for hydroxylation is 4. The molecule has 0 unspecified atom stereocenters. The van der Waals surface area contributed by atoms with Gasteiger partial charge in [-0.05, 0) is 246 Å². The van der Waals surface area contributed by atoms with Crippen LogP contribution in [0.5, 0.6) is 0 Å². The molecule has 2 aliphatic heterocycles. The number of halogens is 6. The van der Waals surface area contributed by atoms with Gasteiger partial charge in [0.1, 0.15) is 84.7 Å². The van der Waals surface area contributed by atoms with E-state index in [-0.39, 0.29) is 57.3 Å². The minimum absolute atomic E-state index is 0.0270. The minimum atomic E-state index is -4.26. The highest BCUT2D eigenvalue weighted by molar-refractivity contribution is 7.91. The number of likely N-dealkylation sites (tertiary alicyclic amines) is 1. The summed E-state index contributed by atoms with van der Waals surface area (Å²) >= 11 is 18.2. The Kier molecular flexibility index (Phi) is 35.2. The lowest BCUT2D eigenvalue weighted by Crippen LogP contribution is -2.48. The first-order valence-electron chi connectivity index (χ1n) is 43.2. The fourth-order valence-corrected chi connectivity index (χ4v) is 19.9. The van der Waals surface area contributed by atoms with Crippen LogP contribution in [0.2, 0.25) is 15.3 Å². The maximum Gasteiger partial charge on any atom is 0.412 e. The summed E-state index contributed by atoms with van der Waals surface area (Å²) in [5.41, 5.74) is 12.0. The van der Waals surface area contributed by atoms with E-state index in [0.29, 0.717) is 132 Å². The van der Waals surface area contributed by atoms with Crippen molar-refractivity contribution < 1.29 is 80.7 Å². The van der Waals surface area contributed by atoms with Gasteiger partial charge in [0.15, 0.2) is 19.7 Å². The monoisotopic (exact) mass is 2070 g/mol. The average molecular weight is 2070 g/mol. The van der Waals surface area contributed by atoms with Crippen molar-refractivity contribution >= 4 is 145 Å². The lowest BCUT2D eigenvalue weighted by molar-refractivity contribution is -0.902. The van der Waals surface area contributed by atoms with Gasteiger partial charge in [0, 0.05) is 171 Å². The first-order valence-corrected chi connectivity index (χ1v) is 50.5. The number of anilines is 8. The Balaban J connectivity index is 0.000000160. The van der Waals surface area contributed by atoms with Gasteiger partial charge >= 0.3 is 21.5 Å². The van der Waals surface area contributed by atoms with E-state index in [2.05, 4.69) is 95.5 Å². The summed E-state index contributed by atoms with van der Waals surface area (Å²) in [6.45, 7) is 17.8. The Labute approximate surface area is 831 Å². The van der Waals surface area contributed by atoms with Crippen LogP contribution in [0.4, 0.5) is 64.2 Å². The highest BCUT2D eigenvalue weighted by Crippen LogP contribution is 2.37. The van der Waals surface area contributed by atoms with Crippen LogP contribution >= 0.6 is 34.8 Å². The first kappa shape index (κ1) is 106. The molecule has 2 fully saturated rings. The molecule has 2 saturated heterocycles. The molecule has 0 bridgehead atoms. The summed E-state index contributed by atoms with van der Waals surface area (Å²) < 4.78 is 154. The summed E-state index contributed by atoms with van der Waals surface area (Å²) in [5.74, 6) is -0.181. The molecule has 0 aliphatic carbocycles. The number of hydrogen-bond donors (Lipinski definition) is 7. The fourth-order valence-electron chi connectivity index (χ4n) is 14.1. The molecule has 47 heteroatoms. The van der Waals surface area contributed by atoms with Gasteiger partial charge in [-0.3, -0.25) is 53.9 Å². The summed E-state index contributed by atoms with van der Waals surface area (Å²) in [6.07, 6.45) is 22.1. The van der Waals surface area contributed by atoms with E-state index in [1.165, 1.54) is 60.4 Å². The number of sulfone groups is 2. The van der Waals surface area contributed by atoms with Gasteiger partial charge in [-0.15, -0.1) is 0 Å². The topological polar surface area (TPSA) is 488 Å². The smallest absolute Gasteiger partial charge is 0.412 e. The van der Waals surface area contributed by atoms with Gasteiger partial charge in [-0.2, -0.15) is 21.1 Å². The van der Waals surface area contributed by atoms with E-state index in [4.69, 9.17) is 39.5 Å². The predicted molar refractivity (Wildman–Crippen MR) is 531 cm³/mol. The number of hydrogen-bond acceptors (Lipinski definition) is 29. The zero-order valence-corrected chi connectivity index (χ0v) is 83.5. The Morgan fingerprint density at radius 1 is 0.528 bits per heavy atom. The number of nitrogens with zero attached hydrogens (tertiary/aromatic N) is 17. The zero-order chi connectivity index (χ0) is 103. The number of carbonyl (C=O) groups is 4. The number of carbonyl (C=O) groups excluding carboxylic acids is 4. The SMILES string of the molecule is CC(=O)Nc1cc(-c2cncc(N3CCCN(C)S3(=O)=O)c2)ccn1.CCOC(=O)Nc1cc(-c2cnc(C)c(CS(=O)(=O)c3ccc(Cl)cc3F)c2)ccn1.CNS(=O)(=O)Nc1cc(-c2ccnc(CC(C)=O)c2)cnc1C.Cc1nccc(Nc2cc(-c3c[n+](O)c(Cl)c(CS(=O)(=O)c4ccc(F)cc4F)c3C)ccn2)n1.Cc1nccc(Nc2cc(-c3cnc(Cl)c(C(=O)N4CCC4)c3C)ccn2)n1. The molecule has 0 radical (unpaired) electrons. The first-order chi connectivity index (χ1) is 67.4. The maximum atomic E-state index is 14.2. The van der Waals surface area contributed by atoms with Crippen molar-refractivity contribution in [2.45, 2.75) is 103 Å². The van der Waals surface area contributed by atoms with Crippen LogP contribution < -0.4 is 39.7 Å². The Hall–Kier alpha value is -14.6. The minimum Gasteiger partial charge on any atom is -0.450 e. The van der Waals surface area contributed by atoms with Crippen molar-refractivity contribution in [1.29, 1.82) is 0 Å². The van der Waals surface area contributed by atoms with Crippen molar-refractivity contribution in [3.63, 3.8) is 0 Å². The number of rotatable bonds is 25. The van der Waals surface area contributed by atoms with Crippen LogP contribution in [0, 0.1) is 59.0 Å². The maximum absolute atomic E-state index is 14.2. The summed E-state index contributed by atoms with van der Waals surface area (Å²) in [4.78, 5) is 102. The molecule has 142 heavy (non-hydrogen) atoms. The van der Waals surface area contributed by atoms with Crippen LogP contribution in [0.15, 0.2) is 218 Å². The van der Waals surface area contributed by atoms with Gasteiger partial charge in [0.05, 0.1) is 58.1 Å². The molecule has 7 N–H and O–H groups in total. The summed E-state index contributed by atoms with van der Waals surface area (Å²) in [5, 5.41) is 21.9. The molecule has 2 aliphatic rings. The Morgan fingerprint density at radius 3 is 1.63 bits per heavy atom. The third-order valence-corrected chi connectivity index (χ3v) is 28.7. The molecule has 12 aromatic heterocycles. The Morgan fingerprint density at radius 2 is 1.06 bits per heavy atom. The molecule has 37 nitrogen and oxygen atoms in total. The number of ether oxygens (including phenoxy) is 1. The highest BCUT2D eigenvalue weighted by Gasteiger charge is 2.34. The van der Waals surface area contributed by atoms with Crippen LogP contribution in [-0.2, 0) is 72.3 Å². The van der Waals surface area contributed by atoms with Crippen LogP contribution in [0.1, 0.15) is 95.0 Å². The molecule has 0 spiro atoms. The van der Waals surface area contributed by atoms with E-state index in [0.717, 1.165) is 89.1 Å². The van der Waals surface area contributed by atoms with Crippen molar-refractivity contribution in [3.05, 3.63) is 297 Å². The zero-order valence-electron chi connectivity index (χ0n) is 78.0. The normalized spacial score (nSPS) is 12.7. The van der Waals surface area contributed by atoms with Crippen LogP contribution in [-0.4, -0.2) is 183 Å². The van der Waals surface area contributed by atoms with Gasteiger partial charge < -0.3 is 25.6 Å². The number of nitrogens with one attached hydrogen (secondary N) is 6. The van der Waals surface area contributed by atoms with Crippen molar-refractivity contribution in [3.8, 4) is 55.6 Å². The highest BCUT2D eigenvalue weighted by atomic mass is 35.5. The number of Topliss-reactive ketones (excluding diaryl/α,β-unsaturated/α-hetero) is 1. The second-order valence-electron chi connectivity index (χ2n) is 31.8. The molecule has 0 saturated carbocycles. The lowest BCUT2D eigenvalue weighted by atomic mass is 9.98. The second kappa shape index (κ2) is 47.1. The third-order valence-electron chi connectivity index (χ3n) is 21.4. The molecular formula is C95H94Cl3F3N23O14S4+. The molecule has 14 heterocycles. The predicted octanol–water partition coefficient (Wildman–Crippen LogP) is 15.9. The van der Waals surface area contributed by atoms with E-state index < -0.39 is 84.9 Å². The average Bonchev–Trinajstić information content (AvgIpc) is 0.783. The van der Waals surface area contributed by atoms with Crippen LogP contribution in [0.3, 0.4) is 0 Å². The van der Waals surface area contributed by atoms with Crippen LogP contribution in [0.25, 0.3) is 55.6 Å². The molecule has 2 aromatic carbocycles. The Bertz CT molecular complexity index is 7610. The number of ketones is 1. The van der Waals surface area contributed by atoms with Crippen molar-refractivity contribution in [2.24, 2.45) is 0 Å². The van der Waals surface area contributed by atoms with Gasteiger partial charge in [0.25, 0.3) is 16.1 Å². The van der Waals surface area contributed by atoms with E-state index >= 15 is 0 Å². The molecular weight excluding hydrogens is 1980 g/mol. The summed E-state index contributed by atoms with van der Waals surface area (Å²) in [7, 11) is -12.5.